The molecule has 1 aliphatic heterocycles. The van der Waals surface area contributed by atoms with Gasteiger partial charge in [0.25, 0.3) is 0 Å². The Bertz CT molecular complexity index is 90.5. The second-order valence-corrected chi connectivity index (χ2v) is 2.59. The molecule has 0 amide bonds. The van der Waals surface area contributed by atoms with E-state index in [-0.39, 0.29) is 0 Å². The van der Waals surface area contributed by atoms with Crippen molar-refractivity contribution >= 4 is 12.8 Å². The van der Waals surface area contributed by atoms with Crippen molar-refractivity contribution in [3.63, 3.8) is 0 Å². The van der Waals surface area contributed by atoms with Gasteiger partial charge in [0.1, 0.15) is 0 Å². The molecular formula is C6H11NS. The number of hydrogen-bond donors (Lipinski definition) is 1. The molecule has 0 saturated carbocycles. The van der Waals surface area contributed by atoms with Gasteiger partial charge in [0.05, 0.1) is 0 Å². The molecule has 0 aromatic rings. The first-order valence-corrected chi connectivity index (χ1v) is 3.38. The summed E-state index contributed by atoms with van der Waals surface area (Å²) in [6.07, 6.45) is 6.85. The maximum Gasteiger partial charge on any atom is 0.0268 e. The van der Waals surface area contributed by atoms with Gasteiger partial charge in [-0.3, -0.25) is 0 Å². The van der Waals surface area contributed by atoms with Crippen molar-refractivity contribution in [2.45, 2.75) is 12.8 Å². The first kappa shape index (κ1) is 6.17. The molecule has 0 unspecified atom stereocenters. The van der Waals surface area contributed by atoms with Gasteiger partial charge in [-0.25, -0.2) is 4.31 Å². The summed E-state index contributed by atoms with van der Waals surface area (Å²) in [4.78, 5) is 0. The molecule has 1 nitrogen and oxygen atoms in total. The average Bonchev–Trinajstić information content (AvgIpc) is 1.94. The predicted molar refractivity (Wildman–Crippen MR) is 38.9 cm³/mol. The summed E-state index contributed by atoms with van der Waals surface area (Å²) in [6, 6.07) is 0. The van der Waals surface area contributed by atoms with Crippen LogP contribution in [0, 0.1) is 0 Å². The van der Waals surface area contributed by atoms with Crippen LogP contribution in [-0.4, -0.2) is 17.4 Å². The van der Waals surface area contributed by atoms with Gasteiger partial charge in [0, 0.05) is 13.1 Å². The van der Waals surface area contributed by atoms with Crippen LogP contribution < -0.4 is 0 Å². The third-order valence-electron chi connectivity index (χ3n) is 1.27. The minimum Gasteiger partial charge on any atom is -0.249 e. The lowest BCUT2D eigenvalue weighted by atomic mass is 10.3. The van der Waals surface area contributed by atoms with E-state index in [1.54, 1.807) is 0 Å². The fourth-order valence-corrected chi connectivity index (χ4v) is 1.03. The largest absolute Gasteiger partial charge is 0.249 e. The van der Waals surface area contributed by atoms with E-state index in [0.29, 0.717) is 0 Å². The van der Waals surface area contributed by atoms with Gasteiger partial charge in [0.15, 0.2) is 0 Å². The summed E-state index contributed by atoms with van der Waals surface area (Å²) in [5, 5.41) is 0. The molecule has 8 heavy (non-hydrogen) atoms. The van der Waals surface area contributed by atoms with Gasteiger partial charge >= 0.3 is 0 Å². The molecule has 0 radical (unpaired) electrons. The number of thiol groups is 1. The summed E-state index contributed by atoms with van der Waals surface area (Å²) < 4.78 is 2.03. The molecule has 1 aliphatic rings. The summed E-state index contributed by atoms with van der Waals surface area (Å²) in [6.45, 7) is 2.12. The van der Waals surface area contributed by atoms with Crippen molar-refractivity contribution in [1.82, 2.24) is 4.31 Å². The van der Waals surface area contributed by atoms with E-state index in [0.717, 1.165) is 13.1 Å². The Labute approximate surface area is 55.9 Å². The highest BCUT2D eigenvalue weighted by atomic mass is 32.1. The maximum atomic E-state index is 4.21. The Hall–Kier alpha value is 0.0500. The minimum absolute atomic E-state index is 1.00. The molecule has 0 aliphatic carbocycles. The first-order chi connectivity index (χ1) is 3.89. The molecule has 0 aromatic heterocycles. The second kappa shape index (κ2) is 3.15. The summed E-state index contributed by atoms with van der Waals surface area (Å²) in [5.74, 6) is 0. The van der Waals surface area contributed by atoms with Gasteiger partial charge in [-0.1, -0.05) is 25.0 Å². The van der Waals surface area contributed by atoms with Crippen LogP contribution in [0.15, 0.2) is 12.2 Å². The number of nitrogens with zero attached hydrogens (tertiary/aromatic N) is 1. The number of rotatable bonds is 0. The Morgan fingerprint density at radius 2 is 2.25 bits per heavy atom. The van der Waals surface area contributed by atoms with Crippen LogP contribution in [0.2, 0.25) is 0 Å². The van der Waals surface area contributed by atoms with Crippen molar-refractivity contribution in [2.24, 2.45) is 0 Å². The molecule has 0 atom stereocenters. The summed E-state index contributed by atoms with van der Waals surface area (Å²) >= 11 is 4.21. The zero-order chi connectivity index (χ0) is 5.82. The van der Waals surface area contributed by atoms with E-state index < -0.39 is 0 Å². The van der Waals surface area contributed by atoms with E-state index in [9.17, 15) is 0 Å². The lowest BCUT2D eigenvalue weighted by molar-refractivity contribution is 0.523. The molecule has 1 rings (SSSR count). The van der Waals surface area contributed by atoms with E-state index >= 15 is 0 Å². The topological polar surface area (TPSA) is 3.24 Å². The molecule has 0 fully saturated rings. The van der Waals surface area contributed by atoms with Gasteiger partial charge in [-0.15, -0.1) is 0 Å². The van der Waals surface area contributed by atoms with Crippen LogP contribution in [0.5, 0.6) is 0 Å². The predicted octanol–water partition coefficient (Wildman–Crippen LogP) is 1.48. The fourth-order valence-electron chi connectivity index (χ4n) is 0.797. The zero-order valence-electron chi connectivity index (χ0n) is 4.88. The normalized spacial score (nSPS) is 23.1. The molecule has 0 bridgehead atoms. The fraction of sp³-hybridized carbons (Fsp3) is 0.667. The highest BCUT2D eigenvalue weighted by molar-refractivity contribution is 7.77. The van der Waals surface area contributed by atoms with Gasteiger partial charge < -0.3 is 0 Å². The Morgan fingerprint density at radius 1 is 1.38 bits per heavy atom. The van der Waals surface area contributed by atoms with E-state index in [1.165, 1.54) is 12.8 Å². The smallest absolute Gasteiger partial charge is 0.0268 e. The molecular weight excluding hydrogens is 118 g/mol. The SMILES string of the molecule is SN1CC=CCCC1. The van der Waals surface area contributed by atoms with Crippen LogP contribution in [0.1, 0.15) is 12.8 Å². The monoisotopic (exact) mass is 129 g/mol. The van der Waals surface area contributed by atoms with Crippen LogP contribution >= 0.6 is 12.8 Å². The van der Waals surface area contributed by atoms with Crippen LogP contribution in [-0.2, 0) is 0 Å². The second-order valence-electron chi connectivity index (χ2n) is 2.03. The van der Waals surface area contributed by atoms with Crippen molar-refractivity contribution in [3.8, 4) is 0 Å². The lowest BCUT2D eigenvalue weighted by Gasteiger charge is -2.07. The maximum absolute atomic E-state index is 4.21. The van der Waals surface area contributed by atoms with Crippen molar-refractivity contribution in [1.29, 1.82) is 0 Å². The first-order valence-electron chi connectivity index (χ1n) is 2.98. The highest BCUT2D eigenvalue weighted by Gasteiger charge is 1.97. The Balaban J connectivity index is 2.30. The quantitative estimate of drug-likeness (QED) is 0.383. The third-order valence-corrected chi connectivity index (χ3v) is 1.63. The molecule has 1 heterocycles. The molecule has 46 valence electrons. The molecule has 0 spiro atoms. The number of hydrogen-bond acceptors (Lipinski definition) is 2. The Kier molecular flexibility index (Phi) is 2.43. The molecule has 2 heteroatoms. The highest BCUT2D eigenvalue weighted by Crippen LogP contribution is 2.03. The standard InChI is InChI=1S/C6H11NS/c8-7-5-3-1-2-4-6-7/h1,3,8H,2,4-6H2. The van der Waals surface area contributed by atoms with Crippen LogP contribution in [0.25, 0.3) is 0 Å². The van der Waals surface area contributed by atoms with Gasteiger partial charge in [-0.05, 0) is 12.8 Å². The minimum atomic E-state index is 1.00. The van der Waals surface area contributed by atoms with Crippen LogP contribution in [0.3, 0.4) is 0 Å². The zero-order valence-corrected chi connectivity index (χ0v) is 5.77. The molecule has 0 aromatic carbocycles. The van der Waals surface area contributed by atoms with Gasteiger partial charge in [0.2, 0.25) is 0 Å². The van der Waals surface area contributed by atoms with E-state index in [4.69, 9.17) is 0 Å². The average molecular weight is 129 g/mol. The van der Waals surface area contributed by atoms with Gasteiger partial charge in [-0.2, -0.15) is 0 Å². The van der Waals surface area contributed by atoms with Crippen molar-refractivity contribution in [3.05, 3.63) is 12.2 Å². The van der Waals surface area contributed by atoms with E-state index in [2.05, 4.69) is 25.0 Å². The number of allylic oxidation sites excluding steroid dienone is 1. The van der Waals surface area contributed by atoms with Crippen molar-refractivity contribution in [2.75, 3.05) is 13.1 Å². The van der Waals surface area contributed by atoms with E-state index in [1.807, 2.05) is 4.31 Å². The van der Waals surface area contributed by atoms with Crippen molar-refractivity contribution < 1.29 is 0 Å². The molecule has 0 saturated heterocycles. The molecule has 0 N–H and O–H groups in total. The third kappa shape index (κ3) is 1.88. The Morgan fingerprint density at radius 3 is 3.12 bits per heavy atom. The lowest BCUT2D eigenvalue weighted by Crippen LogP contribution is -2.11. The summed E-state index contributed by atoms with van der Waals surface area (Å²) in [7, 11) is 0. The summed E-state index contributed by atoms with van der Waals surface area (Å²) in [5.41, 5.74) is 0. The van der Waals surface area contributed by atoms with Crippen LogP contribution in [0.4, 0.5) is 0 Å².